The summed E-state index contributed by atoms with van der Waals surface area (Å²) < 4.78 is 12.9. The van der Waals surface area contributed by atoms with Crippen LogP contribution in [-0.4, -0.2) is 41.7 Å². The van der Waals surface area contributed by atoms with E-state index in [1.54, 1.807) is 26.8 Å². The standard InChI is InChI=1S/C15H19FN2O3/c1-15(2,3)18(14(20)21)8-7-17(13(19)10-18)12-6-4-5-11(16)9-12/h4-6,9H,7-8,10H2,1-3H3. The minimum absolute atomic E-state index is 0.192. The number of carboxylic acid groups (broad SMARTS) is 1. The number of anilines is 1. The number of carbonyl (C=O) groups is 2. The number of amides is 2. The fourth-order valence-corrected chi connectivity index (χ4v) is 2.71. The number of piperazine rings is 1. The van der Waals surface area contributed by atoms with E-state index in [0.717, 1.165) is 0 Å². The Morgan fingerprint density at radius 1 is 1.38 bits per heavy atom. The van der Waals surface area contributed by atoms with Gasteiger partial charge in [-0.25, -0.2) is 4.39 Å². The van der Waals surface area contributed by atoms with Crippen molar-refractivity contribution < 1.29 is 23.6 Å². The van der Waals surface area contributed by atoms with Crippen LogP contribution in [0.3, 0.4) is 0 Å². The zero-order valence-electron chi connectivity index (χ0n) is 12.4. The minimum Gasteiger partial charge on any atom is -0.498 e. The second-order valence-electron chi connectivity index (χ2n) is 6.31. The summed E-state index contributed by atoms with van der Waals surface area (Å²) in [7, 11) is 0. The Bertz CT molecular complexity index is 583. The summed E-state index contributed by atoms with van der Waals surface area (Å²) in [5.41, 5.74) is -0.201. The van der Waals surface area contributed by atoms with E-state index in [2.05, 4.69) is 0 Å². The number of carbonyl (C=O) groups excluding carboxylic acids is 2. The fourth-order valence-electron chi connectivity index (χ4n) is 2.71. The first-order chi connectivity index (χ1) is 9.67. The van der Waals surface area contributed by atoms with Crippen LogP contribution in [0.4, 0.5) is 14.9 Å². The number of nitrogens with zero attached hydrogens (tertiary/aromatic N) is 2. The van der Waals surface area contributed by atoms with Crippen molar-refractivity contribution in [1.29, 1.82) is 0 Å². The number of hydrogen-bond acceptors (Lipinski definition) is 3. The lowest BCUT2D eigenvalue weighted by Gasteiger charge is -2.51. The number of hydrogen-bond donors (Lipinski definition) is 0. The largest absolute Gasteiger partial charge is 0.498 e. The van der Waals surface area contributed by atoms with Crippen LogP contribution in [0.5, 0.6) is 0 Å². The summed E-state index contributed by atoms with van der Waals surface area (Å²) >= 11 is 0. The molecule has 1 atom stereocenters. The van der Waals surface area contributed by atoms with Crippen LogP contribution in [0, 0.1) is 5.82 Å². The Labute approximate surface area is 123 Å². The normalized spacial score (nSPS) is 23.2. The summed E-state index contributed by atoms with van der Waals surface area (Å²) in [5, 5.41) is 11.6. The average Bonchev–Trinajstić information content (AvgIpc) is 2.36. The molecule has 0 aliphatic carbocycles. The summed E-state index contributed by atoms with van der Waals surface area (Å²) in [4.78, 5) is 25.4. The Morgan fingerprint density at radius 3 is 2.52 bits per heavy atom. The Balaban J connectivity index is 2.30. The lowest BCUT2D eigenvalue weighted by atomic mass is 9.99. The molecular weight excluding hydrogens is 275 g/mol. The van der Waals surface area contributed by atoms with Gasteiger partial charge in [-0.05, 0) is 39.0 Å². The van der Waals surface area contributed by atoms with Crippen LogP contribution in [0.2, 0.25) is 0 Å². The smallest absolute Gasteiger partial charge is 0.282 e. The van der Waals surface area contributed by atoms with Gasteiger partial charge in [-0.1, -0.05) is 6.07 Å². The number of benzene rings is 1. The summed E-state index contributed by atoms with van der Waals surface area (Å²) in [6.45, 7) is 5.57. The van der Waals surface area contributed by atoms with E-state index in [0.29, 0.717) is 5.69 Å². The maximum absolute atomic E-state index is 13.3. The highest BCUT2D eigenvalue weighted by atomic mass is 19.1. The van der Waals surface area contributed by atoms with Gasteiger partial charge < -0.3 is 14.8 Å². The third-order valence-corrected chi connectivity index (χ3v) is 4.17. The van der Waals surface area contributed by atoms with Crippen LogP contribution in [0.25, 0.3) is 0 Å². The van der Waals surface area contributed by atoms with Gasteiger partial charge >= 0.3 is 0 Å². The van der Waals surface area contributed by atoms with Crippen molar-refractivity contribution in [3.05, 3.63) is 30.1 Å². The van der Waals surface area contributed by atoms with E-state index < -0.39 is 21.9 Å². The molecular formula is C15H19FN2O3. The minimum atomic E-state index is -1.25. The summed E-state index contributed by atoms with van der Waals surface area (Å²) in [5.74, 6) is -0.770. The molecule has 1 aromatic rings. The molecule has 0 radical (unpaired) electrons. The molecule has 114 valence electrons. The molecule has 1 fully saturated rings. The van der Waals surface area contributed by atoms with E-state index in [9.17, 15) is 19.1 Å². The lowest BCUT2D eigenvalue weighted by molar-refractivity contribution is -0.913. The van der Waals surface area contributed by atoms with Crippen molar-refractivity contribution in [3.63, 3.8) is 0 Å². The van der Waals surface area contributed by atoms with Crippen molar-refractivity contribution >= 4 is 17.7 Å². The molecule has 1 saturated heterocycles. The van der Waals surface area contributed by atoms with Gasteiger partial charge in [-0.2, -0.15) is 0 Å². The molecule has 2 amide bonds. The fraction of sp³-hybridized carbons (Fsp3) is 0.467. The molecule has 1 aliphatic heterocycles. The highest BCUT2D eigenvalue weighted by Crippen LogP contribution is 2.29. The molecule has 1 heterocycles. The van der Waals surface area contributed by atoms with E-state index in [-0.39, 0.29) is 25.5 Å². The third-order valence-electron chi connectivity index (χ3n) is 4.17. The van der Waals surface area contributed by atoms with Gasteiger partial charge in [-0.3, -0.25) is 9.28 Å². The zero-order valence-corrected chi connectivity index (χ0v) is 12.4. The highest BCUT2D eigenvalue weighted by Gasteiger charge is 2.48. The molecule has 1 aromatic carbocycles. The van der Waals surface area contributed by atoms with E-state index >= 15 is 0 Å². The van der Waals surface area contributed by atoms with Gasteiger partial charge in [0, 0.05) is 5.69 Å². The maximum atomic E-state index is 13.3. The Kier molecular flexibility index (Phi) is 3.76. The second kappa shape index (κ2) is 5.11. The molecule has 0 saturated carbocycles. The first-order valence-electron chi connectivity index (χ1n) is 6.82. The van der Waals surface area contributed by atoms with Crippen LogP contribution in [0.15, 0.2) is 24.3 Å². The monoisotopic (exact) mass is 294 g/mol. The summed E-state index contributed by atoms with van der Waals surface area (Å²) in [6, 6.07) is 5.73. The van der Waals surface area contributed by atoms with Crippen molar-refractivity contribution in [2.75, 3.05) is 24.5 Å². The Hall–Kier alpha value is -1.95. The number of rotatable bonds is 1. The number of quaternary nitrogens is 1. The van der Waals surface area contributed by atoms with Gasteiger partial charge in [0.25, 0.3) is 12.0 Å². The molecule has 1 unspecified atom stereocenters. The van der Waals surface area contributed by atoms with Gasteiger partial charge in [0.1, 0.15) is 12.4 Å². The predicted octanol–water partition coefficient (Wildman–Crippen LogP) is 1.13. The van der Waals surface area contributed by atoms with Crippen molar-refractivity contribution in [2.24, 2.45) is 0 Å². The molecule has 0 N–H and O–H groups in total. The molecule has 0 bridgehead atoms. The van der Waals surface area contributed by atoms with Gasteiger partial charge in [0.2, 0.25) is 0 Å². The molecule has 6 heteroatoms. The second-order valence-corrected chi connectivity index (χ2v) is 6.31. The van der Waals surface area contributed by atoms with Crippen LogP contribution >= 0.6 is 0 Å². The van der Waals surface area contributed by atoms with E-state index in [4.69, 9.17) is 0 Å². The van der Waals surface area contributed by atoms with Crippen LogP contribution < -0.4 is 10.0 Å². The molecule has 5 nitrogen and oxygen atoms in total. The SMILES string of the molecule is CC(C)(C)[N+]1(C(=O)[O-])CCN(c2cccc(F)c2)C(=O)C1. The zero-order chi connectivity index (χ0) is 15.8. The summed E-state index contributed by atoms with van der Waals surface area (Å²) in [6.07, 6.45) is -1.25. The first-order valence-corrected chi connectivity index (χ1v) is 6.82. The Morgan fingerprint density at radius 2 is 2.05 bits per heavy atom. The lowest BCUT2D eigenvalue weighted by Crippen LogP contribution is -2.74. The van der Waals surface area contributed by atoms with Crippen LogP contribution in [-0.2, 0) is 4.79 Å². The average molecular weight is 294 g/mol. The highest BCUT2D eigenvalue weighted by molar-refractivity contribution is 5.95. The maximum Gasteiger partial charge on any atom is 0.282 e. The molecule has 2 rings (SSSR count). The van der Waals surface area contributed by atoms with Crippen molar-refractivity contribution in [1.82, 2.24) is 0 Å². The number of halogens is 1. The quantitative estimate of drug-likeness (QED) is 0.730. The molecule has 0 spiro atoms. The predicted molar refractivity (Wildman–Crippen MR) is 73.9 cm³/mol. The van der Waals surface area contributed by atoms with Gasteiger partial charge in [-0.15, -0.1) is 0 Å². The molecule has 0 aromatic heterocycles. The van der Waals surface area contributed by atoms with Crippen LogP contribution in [0.1, 0.15) is 20.8 Å². The third kappa shape index (κ3) is 2.63. The van der Waals surface area contributed by atoms with Crippen molar-refractivity contribution in [2.45, 2.75) is 26.3 Å². The first kappa shape index (κ1) is 15.4. The van der Waals surface area contributed by atoms with Gasteiger partial charge in [0.05, 0.1) is 12.1 Å². The topological polar surface area (TPSA) is 60.4 Å². The van der Waals surface area contributed by atoms with E-state index in [1.807, 2.05) is 0 Å². The van der Waals surface area contributed by atoms with Gasteiger partial charge in [0.15, 0.2) is 6.54 Å². The molecule has 1 aliphatic rings. The van der Waals surface area contributed by atoms with E-state index in [1.165, 1.54) is 23.1 Å². The van der Waals surface area contributed by atoms with Crippen molar-refractivity contribution in [3.8, 4) is 0 Å². The molecule has 21 heavy (non-hydrogen) atoms.